The molecule has 3 aliphatic heterocycles. The van der Waals surface area contributed by atoms with Crippen molar-refractivity contribution in [2.24, 2.45) is 4.99 Å². The van der Waals surface area contributed by atoms with E-state index in [1.807, 2.05) is 0 Å². The average Bonchev–Trinajstić information content (AvgIpc) is 3.23. The second-order valence-electron chi connectivity index (χ2n) is 9.24. The third-order valence-electron chi connectivity index (χ3n) is 7.03. The van der Waals surface area contributed by atoms with Gasteiger partial charge in [-0.15, -0.1) is 0 Å². The monoisotopic (exact) mass is 411 g/mol. The quantitative estimate of drug-likeness (QED) is 0.819. The maximum Gasteiger partial charge on any atom is 0.201 e. The van der Waals surface area contributed by atoms with Crippen molar-refractivity contribution in [3.05, 3.63) is 23.8 Å². The first-order chi connectivity index (χ1) is 14.5. The SMILES string of the molecule is CC1COCC(c2c(O)n(C3CCOCC3)c3ccc(N4C(C)CCC4C)cc23)=N1. The number of aromatic hydroxyl groups is 1. The second kappa shape index (κ2) is 7.89. The Morgan fingerprint density at radius 1 is 1.00 bits per heavy atom. The summed E-state index contributed by atoms with van der Waals surface area (Å²) in [6.07, 6.45) is 4.27. The predicted molar refractivity (Wildman–Crippen MR) is 120 cm³/mol. The lowest BCUT2D eigenvalue weighted by Crippen LogP contribution is -2.32. The van der Waals surface area contributed by atoms with Crippen molar-refractivity contribution in [2.45, 2.75) is 70.6 Å². The van der Waals surface area contributed by atoms with Crippen LogP contribution in [0, 0.1) is 0 Å². The van der Waals surface area contributed by atoms with Crippen LogP contribution in [0.3, 0.4) is 0 Å². The molecule has 0 saturated carbocycles. The molecule has 2 fully saturated rings. The minimum Gasteiger partial charge on any atom is -0.494 e. The van der Waals surface area contributed by atoms with Crippen LogP contribution in [0.1, 0.15) is 58.1 Å². The summed E-state index contributed by atoms with van der Waals surface area (Å²) in [6.45, 7) is 9.23. The van der Waals surface area contributed by atoms with Crippen molar-refractivity contribution < 1.29 is 14.6 Å². The molecule has 0 bridgehead atoms. The maximum absolute atomic E-state index is 11.4. The van der Waals surface area contributed by atoms with Crippen LogP contribution >= 0.6 is 0 Å². The number of nitrogens with zero attached hydrogens (tertiary/aromatic N) is 3. The zero-order chi connectivity index (χ0) is 20.8. The van der Waals surface area contributed by atoms with Gasteiger partial charge in [-0.1, -0.05) is 0 Å². The highest BCUT2D eigenvalue weighted by Crippen LogP contribution is 2.41. The van der Waals surface area contributed by atoms with E-state index in [4.69, 9.17) is 14.5 Å². The number of benzene rings is 1. The van der Waals surface area contributed by atoms with Crippen molar-refractivity contribution in [1.29, 1.82) is 0 Å². The Kier molecular flexibility index (Phi) is 5.23. The molecule has 6 heteroatoms. The van der Waals surface area contributed by atoms with Crippen LogP contribution in [0.25, 0.3) is 10.9 Å². The summed E-state index contributed by atoms with van der Waals surface area (Å²) in [5.74, 6) is 0.327. The van der Waals surface area contributed by atoms with Gasteiger partial charge >= 0.3 is 0 Å². The molecule has 6 nitrogen and oxygen atoms in total. The summed E-state index contributed by atoms with van der Waals surface area (Å²) in [6, 6.07) is 8.09. The van der Waals surface area contributed by atoms with Gasteiger partial charge in [0.05, 0.1) is 36.0 Å². The lowest BCUT2D eigenvalue weighted by Gasteiger charge is -2.29. The summed E-state index contributed by atoms with van der Waals surface area (Å²) in [5.41, 5.74) is 4.03. The Hall–Kier alpha value is -2.05. The van der Waals surface area contributed by atoms with E-state index < -0.39 is 0 Å². The van der Waals surface area contributed by atoms with Crippen molar-refractivity contribution in [3.63, 3.8) is 0 Å². The van der Waals surface area contributed by atoms with E-state index in [-0.39, 0.29) is 12.1 Å². The minimum absolute atomic E-state index is 0.108. The third-order valence-corrected chi connectivity index (χ3v) is 7.03. The fraction of sp³-hybridized carbons (Fsp3) is 0.625. The van der Waals surface area contributed by atoms with E-state index in [1.165, 1.54) is 18.5 Å². The summed E-state index contributed by atoms with van der Waals surface area (Å²) >= 11 is 0. The van der Waals surface area contributed by atoms with E-state index in [0.29, 0.717) is 31.2 Å². The maximum atomic E-state index is 11.4. The predicted octanol–water partition coefficient (Wildman–Crippen LogP) is 4.28. The molecular weight excluding hydrogens is 378 g/mol. The number of rotatable bonds is 3. The Morgan fingerprint density at radius 3 is 2.43 bits per heavy atom. The van der Waals surface area contributed by atoms with Gasteiger partial charge in [-0.05, 0) is 64.7 Å². The van der Waals surface area contributed by atoms with Gasteiger partial charge in [0, 0.05) is 42.4 Å². The molecule has 0 aliphatic carbocycles. The van der Waals surface area contributed by atoms with Gasteiger partial charge < -0.3 is 24.0 Å². The lowest BCUT2D eigenvalue weighted by molar-refractivity contribution is 0.0688. The van der Waals surface area contributed by atoms with Gasteiger partial charge in [-0.3, -0.25) is 4.99 Å². The molecule has 30 heavy (non-hydrogen) atoms. The number of aromatic nitrogens is 1. The van der Waals surface area contributed by atoms with Crippen LogP contribution < -0.4 is 4.90 Å². The Balaban J connectivity index is 1.69. The van der Waals surface area contributed by atoms with Crippen LogP contribution in [0.4, 0.5) is 5.69 Å². The van der Waals surface area contributed by atoms with Gasteiger partial charge in [0.2, 0.25) is 5.88 Å². The van der Waals surface area contributed by atoms with Crippen molar-refractivity contribution >= 4 is 22.3 Å². The first-order valence-corrected chi connectivity index (χ1v) is 11.4. The molecule has 0 radical (unpaired) electrons. The largest absolute Gasteiger partial charge is 0.494 e. The number of ether oxygens (including phenoxy) is 2. The topological polar surface area (TPSA) is 59.2 Å². The average molecular weight is 412 g/mol. The summed E-state index contributed by atoms with van der Waals surface area (Å²) in [5, 5.41) is 12.5. The summed E-state index contributed by atoms with van der Waals surface area (Å²) in [4.78, 5) is 7.38. The van der Waals surface area contributed by atoms with Crippen LogP contribution in [0.5, 0.6) is 5.88 Å². The van der Waals surface area contributed by atoms with Gasteiger partial charge in [-0.2, -0.15) is 0 Å². The van der Waals surface area contributed by atoms with E-state index in [2.05, 4.69) is 48.4 Å². The van der Waals surface area contributed by atoms with Gasteiger partial charge in [0.1, 0.15) is 0 Å². The molecule has 2 aromatic rings. The molecule has 162 valence electrons. The lowest BCUT2D eigenvalue weighted by atomic mass is 10.1. The zero-order valence-electron chi connectivity index (χ0n) is 18.3. The van der Waals surface area contributed by atoms with E-state index in [9.17, 15) is 5.11 Å². The molecular formula is C24H33N3O3. The van der Waals surface area contributed by atoms with Gasteiger partial charge in [0.25, 0.3) is 0 Å². The first-order valence-electron chi connectivity index (χ1n) is 11.4. The highest BCUT2D eigenvalue weighted by molar-refractivity contribution is 6.14. The van der Waals surface area contributed by atoms with Crippen LogP contribution in [0.2, 0.25) is 0 Å². The minimum atomic E-state index is 0.108. The van der Waals surface area contributed by atoms with Crippen molar-refractivity contribution in [3.8, 4) is 5.88 Å². The Labute approximate surface area is 178 Å². The molecule has 1 aromatic heterocycles. The summed E-state index contributed by atoms with van der Waals surface area (Å²) in [7, 11) is 0. The Bertz CT molecular complexity index is 950. The zero-order valence-corrected chi connectivity index (χ0v) is 18.3. The van der Waals surface area contributed by atoms with Gasteiger partial charge in [-0.25, -0.2) is 0 Å². The van der Waals surface area contributed by atoms with Crippen LogP contribution in [0.15, 0.2) is 23.2 Å². The molecule has 1 N–H and O–H groups in total. The number of fused-ring (bicyclic) bond motifs is 1. The molecule has 2 saturated heterocycles. The molecule has 4 heterocycles. The fourth-order valence-electron chi connectivity index (χ4n) is 5.55. The number of aliphatic imine (C=N–C) groups is 1. The Morgan fingerprint density at radius 2 is 1.73 bits per heavy atom. The van der Waals surface area contributed by atoms with Crippen molar-refractivity contribution in [1.82, 2.24) is 4.57 Å². The number of hydrogen-bond donors (Lipinski definition) is 1. The highest BCUT2D eigenvalue weighted by Gasteiger charge is 2.31. The van der Waals surface area contributed by atoms with E-state index >= 15 is 0 Å². The molecule has 0 amide bonds. The van der Waals surface area contributed by atoms with Crippen LogP contribution in [-0.2, 0) is 9.47 Å². The summed E-state index contributed by atoms with van der Waals surface area (Å²) < 4.78 is 13.5. The van der Waals surface area contributed by atoms with Crippen LogP contribution in [-0.4, -0.2) is 59.9 Å². The smallest absolute Gasteiger partial charge is 0.201 e. The molecule has 0 spiro atoms. The molecule has 5 rings (SSSR count). The molecule has 3 unspecified atom stereocenters. The third kappa shape index (κ3) is 3.30. The van der Waals surface area contributed by atoms with E-state index in [0.717, 1.165) is 48.2 Å². The molecule has 3 aliphatic rings. The standard InChI is InChI=1S/C24H33N3O3/c1-15-13-30-14-21(25-15)23-20-12-19(26-16(2)4-5-17(26)3)6-7-22(20)27(24(23)28)18-8-10-29-11-9-18/h6-7,12,15-18,28H,4-5,8-11,13-14H2,1-3H3. The second-order valence-corrected chi connectivity index (χ2v) is 9.24. The highest BCUT2D eigenvalue weighted by atomic mass is 16.5. The first kappa shape index (κ1) is 19.9. The van der Waals surface area contributed by atoms with Crippen molar-refractivity contribution in [2.75, 3.05) is 31.3 Å². The molecule has 3 atom stereocenters. The number of anilines is 1. The van der Waals surface area contributed by atoms with E-state index in [1.54, 1.807) is 0 Å². The van der Waals surface area contributed by atoms with Gasteiger partial charge in [0.15, 0.2) is 0 Å². The normalized spacial score (nSPS) is 28.3. The fourth-order valence-corrected chi connectivity index (χ4v) is 5.55. The molecule has 1 aromatic carbocycles. The number of hydrogen-bond acceptors (Lipinski definition) is 5.